The molecule has 0 radical (unpaired) electrons. The Morgan fingerprint density at radius 3 is 2.78 bits per heavy atom. The van der Waals surface area contributed by atoms with E-state index in [-0.39, 0.29) is 6.10 Å². The molecule has 1 unspecified atom stereocenters. The highest BCUT2D eigenvalue weighted by atomic mass is 35.5. The molecule has 1 aromatic carbocycles. The first kappa shape index (κ1) is 18.4. The fraction of sp³-hybridized carbons (Fsp3) is 0.476. The maximum absolute atomic E-state index is 6.27. The van der Waals surface area contributed by atoms with E-state index in [1.54, 1.807) is 6.20 Å². The highest BCUT2D eigenvalue weighted by molar-refractivity contribution is 6.33. The minimum Gasteiger partial charge on any atom is -0.486 e. The van der Waals surface area contributed by atoms with Gasteiger partial charge in [0.05, 0.1) is 10.7 Å². The van der Waals surface area contributed by atoms with Crippen LogP contribution in [-0.2, 0) is 0 Å². The van der Waals surface area contributed by atoms with Gasteiger partial charge >= 0.3 is 0 Å². The van der Waals surface area contributed by atoms with E-state index in [1.807, 2.05) is 36.5 Å². The number of anilines is 1. The second-order valence-electron chi connectivity index (χ2n) is 7.25. The van der Waals surface area contributed by atoms with E-state index < -0.39 is 0 Å². The van der Waals surface area contributed by atoms with Crippen molar-refractivity contribution in [3.05, 3.63) is 47.7 Å². The molecule has 0 spiro atoms. The predicted octanol–water partition coefficient (Wildman–Crippen LogP) is 3.77. The Hall–Kier alpha value is -1.98. The molecule has 2 aromatic rings. The van der Waals surface area contributed by atoms with Crippen LogP contribution in [0, 0.1) is 5.92 Å². The molecule has 3 heterocycles. The van der Waals surface area contributed by atoms with Gasteiger partial charge in [-0.15, -0.1) is 0 Å². The van der Waals surface area contributed by atoms with Gasteiger partial charge in [0.1, 0.15) is 12.7 Å². The first-order valence-corrected chi connectivity index (χ1v) is 10.1. The Kier molecular flexibility index (Phi) is 6.00. The Morgan fingerprint density at radius 2 is 1.96 bits per heavy atom. The fourth-order valence-electron chi connectivity index (χ4n) is 3.82. The molecule has 1 atom stereocenters. The lowest BCUT2D eigenvalue weighted by molar-refractivity contribution is 0.0902. The summed E-state index contributed by atoms with van der Waals surface area (Å²) in [5.74, 6) is 2.45. The molecule has 5 nitrogen and oxygen atoms in total. The van der Waals surface area contributed by atoms with Crippen molar-refractivity contribution >= 4 is 17.3 Å². The minimum absolute atomic E-state index is 0.0792. The predicted molar refractivity (Wildman–Crippen MR) is 108 cm³/mol. The van der Waals surface area contributed by atoms with Gasteiger partial charge in [-0.2, -0.15) is 0 Å². The number of para-hydroxylation sites is 2. The number of pyridine rings is 1. The molecule has 4 rings (SSSR count). The van der Waals surface area contributed by atoms with Gasteiger partial charge in [0.2, 0.25) is 0 Å². The van der Waals surface area contributed by atoms with Crippen LogP contribution in [0.1, 0.15) is 19.3 Å². The minimum atomic E-state index is 0.0792. The molecule has 2 aliphatic rings. The highest BCUT2D eigenvalue weighted by Crippen LogP contribution is 2.31. The molecule has 0 bridgehead atoms. The Bertz CT molecular complexity index is 750. The molecule has 2 aliphatic heterocycles. The summed E-state index contributed by atoms with van der Waals surface area (Å²) in [6, 6.07) is 9.86. The number of halogens is 1. The molecule has 1 N–H and O–H groups in total. The summed E-state index contributed by atoms with van der Waals surface area (Å²) in [6.07, 6.45) is 7.22. The van der Waals surface area contributed by atoms with Crippen LogP contribution in [0.15, 0.2) is 42.7 Å². The number of rotatable bonds is 6. The summed E-state index contributed by atoms with van der Waals surface area (Å²) in [4.78, 5) is 6.44. The lowest BCUT2D eigenvalue weighted by atomic mass is 9.93. The molecule has 1 aromatic heterocycles. The van der Waals surface area contributed by atoms with Crippen LogP contribution in [0.25, 0.3) is 0 Å². The summed E-state index contributed by atoms with van der Waals surface area (Å²) >= 11 is 6.27. The molecule has 6 heteroatoms. The molecule has 0 amide bonds. The lowest BCUT2D eigenvalue weighted by Crippen LogP contribution is -2.39. The van der Waals surface area contributed by atoms with E-state index in [2.05, 4.69) is 15.2 Å². The lowest BCUT2D eigenvalue weighted by Gasteiger charge is -2.34. The Morgan fingerprint density at radius 1 is 1.15 bits per heavy atom. The van der Waals surface area contributed by atoms with Crippen LogP contribution in [0.2, 0.25) is 5.02 Å². The van der Waals surface area contributed by atoms with E-state index in [4.69, 9.17) is 21.1 Å². The summed E-state index contributed by atoms with van der Waals surface area (Å²) in [7, 11) is 0. The van der Waals surface area contributed by atoms with Gasteiger partial charge in [0, 0.05) is 32.0 Å². The third-order valence-corrected chi connectivity index (χ3v) is 5.67. The van der Waals surface area contributed by atoms with Crippen molar-refractivity contribution in [1.82, 2.24) is 10.3 Å². The van der Waals surface area contributed by atoms with Gasteiger partial charge in [-0.3, -0.25) is 4.98 Å². The first-order valence-electron chi connectivity index (χ1n) is 9.73. The van der Waals surface area contributed by atoms with Gasteiger partial charge in [-0.1, -0.05) is 23.7 Å². The number of hydrogen-bond acceptors (Lipinski definition) is 5. The van der Waals surface area contributed by atoms with Crippen LogP contribution < -0.4 is 19.7 Å². The van der Waals surface area contributed by atoms with Crippen molar-refractivity contribution in [2.75, 3.05) is 37.7 Å². The molecule has 1 fully saturated rings. The van der Waals surface area contributed by atoms with Crippen LogP contribution in [0.3, 0.4) is 0 Å². The fourth-order valence-corrected chi connectivity index (χ4v) is 4.06. The average molecular weight is 388 g/mol. The van der Waals surface area contributed by atoms with Crippen molar-refractivity contribution in [2.45, 2.75) is 25.4 Å². The number of nitrogens with zero attached hydrogens (tertiary/aromatic N) is 2. The zero-order valence-electron chi connectivity index (χ0n) is 15.4. The molecule has 0 saturated carbocycles. The third kappa shape index (κ3) is 4.66. The Balaban J connectivity index is 1.15. The van der Waals surface area contributed by atoms with E-state index >= 15 is 0 Å². The van der Waals surface area contributed by atoms with Gasteiger partial charge < -0.3 is 19.7 Å². The summed E-state index contributed by atoms with van der Waals surface area (Å²) < 4.78 is 11.7. The zero-order valence-corrected chi connectivity index (χ0v) is 16.2. The molecule has 0 aliphatic carbocycles. The van der Waals surface area contributed by atoms with Crippen molar-refractivity contribution in [2.24, 2.45) is 5.92 Å². The largest absolute Gasteiger partial charge is 0.486 e. The molecule has 144 valence electrons. The van der Waals surface area contributed by atoms with Crippen molar-refractivity contribution in [3.8, 4) is 11.5 Å². The molecule has 1 saturated heterocycles. The number of ether oxygens (including phenoxy) is 2. The van der Waals surface area contributed by atoms with Crippen molar-refractivity contribution in [1.29, 1.82) is 0 Å². The van der Waals surface area contributed by atoms with Crippen LogP contribution in [0.5, 0.6) is 11.5 Å². The second-order valence-corrected chi connectivity index (χ2v) is 7.66. The average Bonchev–Trinajstić information content (AvgIpc) is 2.72. The zero-order chi connectivity index (χ0) is 18.5. The standard InChI is InChI=1S/C21H26ClN3O2/c22-18-14-24-10-6-19(18)25-11-7-16(8-12-25)5-9-23-13-17-15-26-20-3-1-2-4-21(20)27-17/h1-4,6,10,14,16-17,23H,5,7-9,11-13,15H2. The smallest absolute Gasteiger partial charge is 0.161 e. The first-order chi connectivity index (χ1) is 13.3. The maximum Gasteiger partial charge on any atom is 0.161 e. The van der Waals surface area contributed by atoms with Gasteiger partial charge in [0.15, 0.2) is 11.5 Å². The number of nitrogens with one attached hydrogen (secondary N) is 1. The Labute approximate surface area is 165 Å². The quantitative estimate of drug-likeness (QED) is 0.764. The maximum atomic E-state index is 6.27. The van der Waals surface area contributed by atoms with E-state index in [9.17, 15) is 0 Å². The highest BCUT2D eigenvalue weighted by Gasteiger charge is 2.22. The topological polar surface area (TPSA) is 46.6 Å². The normalized spacial score (nSPS) is 19.9. The van der Waals surface area contributed by atoms with E-state index in [1.165, 1.54) is 19.3 Å². The van der Waals surface area contributed by atoms with Gasteiger partial charge in [-0.25, -0.2) is 0 Å². The number of fused-ring (bicyclic) bond motifs is 1. The third-order valence-electron chi connectivity index (χ3n) is 5.38. The second kappa shape index (κ2) is 8.81. The summed E-state index contributed by atoms with van der Waals surface area (Å²) in [5, 5.41) is 4.28. The van der Waals surface area contributed by atoms with Crippen LogP contribution in [-0.4, -0.2) is 43.9 Å². The molecule has 27 heavy (non-hydrogen) atoms. The molecular weight excluding hydrogens is 362 g/mol. The van der Waals surface area contributed by atoms with Gasteiger partial charge in [-0.05, 0) is 49.9 Å². The summed E-state index contributed by atoms with van der Waals surface area (Å²) in [6.45, 7) is 4.56. The van der Waals surface area contributed by atoms with E-state index in [0.29, 0.717) is 6.61 Å². The van der Waals surface area contributed by atoms with Crippen molar-refractivity contribution in [3.63, 3.8) is 0 Å². The summed E-state index contributed by atoms with van der Waals surface area (Å²) in [5.41, 5.74) is 1.11. The number of hydrogen-bond donors (Lipinski definition) is 1. The number of piperidine rings is 1. The number of benzene rings is 1. The monoisotopic (exact) mass is 387 g/mol. The number of aromatic nitrogens is 1. The SMILES string of the molecule is Clc1cnccc1N1CCC(CCNCC2COc3ccccc3O2)CC1. The van der Waals surface area contributed by atoms with E-state index in [0.717, 1.165) is 54.3 Å². The molecular formula is C21H26ClN3O2. The van der Waals surface area contributed by atoms with Crippen LogP contribution >= 0.6 is 11.6 Å². The van der Waals surface area contributed by atoms with Crippen molar-refractivity contribution < 1.29 is 9.47 Å². The van der Waals surface area contributed by atoms with Gasteiger partial charge in [0.25, 0.3) is 0 Å². The van der Waals surface area contributed by atoms with Crippen LogP contribution in [0.4, 0.5) is 5.69 Å².